The summed E-state index contributed by atoms with van der Waals surface area (Å²) in [6.07, 6.45) is 0. The van der Waals surface area contributed by atoms with Gasteiger partial charge in [-0.05, 0) is 29.8 Å². The van der Waals surface area contributed by atoms with E-state index in [1.807, 2.05) is 24.3 Å². The number of hydrogen-bond acceptors (Lipinski definition) is 7. The smallest absolute Gasteiger partial charge is 0.350 e. The van der Waals surface area contributed by atoms with Crippen molar-refractivity contribution in [2.24, 2.45) is 5.73 Å². The van der Waals surface area contributed by atoms with Gasteiger partial charge in [-0.3, -0.25) is 10.1 Å². The number of rotatable bonds is 4. The number of nitro benzene ring substituents is 1. The summed E-state index contributed by atoms with van der Waals surface area (Å²) >= 11 is 3.44. The monoisotopic (exact) mass is 491 g/mol. The summed E-state index contributed by atoms with van der Waals surface area (Å²) in [4.78, 5) is 23.1. The molecule has 3 aromatic rings. The van der Waals surface area contributed by atoms with Gasteiger partial charge in [0.05, 0.1) is 10.8 Å². The molecule has 0 spiro atoms. The zero-order chi connectivity index (χ0) is 22.8. The molecule has 1 atom stereocenters. The number of nitrogens with two attached hydrogens (primary N) is 1. The first-order valence-corrected chi connectivity index (χ1v) is 10.1. The lowest BCUT2D eigenvalue weighted by Gasteiger charge is -2.26. The Bertz CT molecular complexity index is 1330. The number of nitriles is 1. The second-order valence-electron chi connectivity index (χ2n) is 6.84. The highest BCUT2D eigenvalue weighted by molar-refractivity contribution is 9.10. The first kappa shape index (κ1) is 21.1. The van der Waals surface area contributed by atoms with Gasteiger partial charge in [0.1, 0.15) is 28.7 Å². The lowest BCUT2D eigenvalue weighted by atomic mass is 9.83. The van der Waals surface area contributed by atoms with Gasteiger partial charge in [0, 0.05) is 22.2 Å². The van der Waals surface area contributed by atoms with Crippen LogP contribution in [0.15, 0.2) is 82.7 Å². The number of esters is 1. The fraction of sp³-hybridized carbons (Fsp3) is 0.0435. The zero-order valence-electron chi connectivity index (χ0n) is 16.3. The average Bonchev–Trinajstić information content (AvgIpc) is 2.78. The van der Waals surface area contributed by atoms with Crippen LogP contribution in [0, 0.1) is 21.4 Å². The van der Waals surface area contributed by atoms with Crippen molar-refractivity contribution < 1.29 is 19.2 Å². The number of nitro groups is 1. The molecule has 0 bridgehead atoms. The minimum absolute atomic E-state index is 0.0489. The number of carbonyl (C=O) groups is 1. The van der Waals surface area contributed by atoms with E-state index in [0.29, 0.717) is 11.3 Å². The molecule has 8 nitrogen and oxygen atoms in total. The molecule has 2 N–H and O–H groups in total. The van der Waals surface area contributed by atoms with E-state index < -0.39 is 16.8 Å². The lowest BCUT2D eigenvalue weighted by Crippen LogP contribution is -2.21. The Labute approximate surface area is 190 Å². The highest BCUT2D eigenvalue weighted by atomic mass is 79.9. The second-order valence-corrected chi connectivity index (χ2v) is 7.76. The van der Waals surface area contributed by atoms with E-state index in [-0.39, 0.29) is 28.5 Å². The van der Waals surface area contributed by atoms with Gasteiger partial charge in [-0.15, -0.1) is 0 Å². The number of fused-ring (bicyclic) bond motifs is 1. The molecule has 0 aliphatic carbocycles. The minimum atomic E-state index is -0.877. The van der Waals surface area contributed by atoms with Crippen LogP contribution in [0.1, 0.15) is 27.4 Å². The summed E-state index contributed by atoms with van der Waals surface area (Å²) in [5.41, 5.74) is 7.24. The molecule has 1 aliphatic heterocycles. The van der Waals surface area contributed by atoms with E-state index in [2.05, 4.69) is 22.0 Å². The number of carbonyl (C=O) groups excluding carboxylic acids is 1. The number of para-hydroxylation sites is 1. The summed E-state index contributed by atoms with van der Waals surface area (Å²) < 4.78 is 11.8. The van der Waals surface area contributed by atoms with Gasteiger partial charge in [-0.1, -0.05) is 46.3 Å². The molecule has 1 heterocycles. The maximum atomic E-state index is 12.5. The van der Waals surface area contributed by atoms with E-state index in [1.54, 1.807) is 6.07 Å². The van der Waals surface area contributed by atoms with Crippen molar-refractivity contribution in [2.45, 2.75) is 5.92 Å². The van der Waals surface area contributed by atoms with Gasteiger partial charge in [-0.25, -0.2) is 4.79 Å². The van der Waals surface area contributed by atoms with Crippen molar-refractivity contribution in [3.63, 3.8) is 0 Å². The van der Waals surface area contributed by atoms with Crippen molar-refractivity contribution in [1.29, 1.82) is 5.26 Å². The Morgan fingerprint density at radius 2 is 1.94 bits per heavy atom. The molecular weight excluding hydrogens is 478 g/mol. The van der Waals surface area contributed by atoms with Gasteiger partial charge in [0.15, 0.2) is 0 Å². The van der Waals surface area contributed by atoms with Crippen molar-refractivity contribution in [3.05, 3.63) is 109 Å². The SMILES string of the molecule is N#CC1=C(N)Oc2cc(OC(=O)c3ccccc3[N+](=O)[O-])ccc2C1c1cccc(Br)c1. The van der Waals surface area contributed by atoms with Crippen molar-refractivity contribution in [3.8, 4) is 17.6 Å². The molecule has 1 aliphatic rings. The summed E-state index contributed by atoms with van der Waals surface area (Å²) in [6, 6.07) is 19.8. The van der Waals surface area contributed by atoms with Gasteiger partial charge in [-0.2, -0.15) is 5.26 Å². The van der Waals surface area contributed by atoms with Crippen molar-refractivity contribution in [1.82, 2.24) is 0 Å². The molecule has 0 aromatic heterocycles. The largest absolute Gasteiger partial charge is 0.440 e. The Morgan fingerprint density at radius 3 is 2.66 bits per heavy atom. The van der Waals surface area contributed by atoms with Gasteiger partial charge >= 0.3 is 5.97 Å². The van der Waals surface area contributed by atoms with Crippen LogP contribution in [0.2, 0.25) is 0 Å². The minimum Gasteiger partial charge on any atom is -0.440 e. The van der Waals surface area contributed by atoms with Gasteiger partial charge < -0.3 is 15.2 Å². The summed E-state index contributed by atoms with van der Waals surface area (Å²) in [7, 11) is 0. The molecule has 0 radical (unpaired) electrons. The highest BCUT2D eigenvalue weighted by Crippen LogP contribution is 2.43. The third kappa shape index (κ3) is 3.91. The summed E-state index contributed by atoms with van der Waals surface area (Å²) in [6.45, 7) is 0. The van der Waals surface area contributed by atoms with E-state index in [4.69, 9.17) is 15.2 Å². The normalized spacial score (nSPS) is 14.7. The number of nitrogens with zero attached hydrogens (tertiary/aromatic N) is 2. The van der Waals surface area contributed by atoms with Crippen molar-refractivity contribution in [2.75, 3.05) is 0 Å². The number of hydrogen-bond donors (Lipinski definition) is 1. The van der Waals surface area contributed by atoms with Crippen LogP contribution in [0.25, 0.3) is 0 Å². The molecular formula is C23H14BrN3O5. The van der Waals surface area contributed by atoms with Crippen LogP contribution in [0.4, 0.5) is 5.69 Å². The molecule has 32 heavy (non-hydrogen) atoms. The maximum Gasteiger partial charge on any atom is 0.350 e. The van der Waals surface area contributed by atoms with Crippen LogP contribution in [0.5, 0.6) is 11.5 Å². The van der Waals surface area contributed by atoms with Crippen molar-refractivity contribution >= 4 is 27.6 Å². The first-order chi connectivity index (χ1) is 15.4. The van der Waals surface area contributed by atoms with Gasteiger partial charge in [0.2, 0.25) is 5.88 Å². The van der Waals surface area contributed by atoms with Crippen LogP contribution in [-0.4, -0.2) is 10.9 Å². The van der Waals surface area contributed by atoms with Crippen LogP contribution < -0.4 is 15.2 Å². The fourth-order valence-corrected chi connectivity index (χ4v) is 3.91. The molecule has 0 saturated carbocycles. The van der Waals surface area contributed by atoms with Crippen LogP contribution in [0.3, 0.4) is 0 Å². The quantitative estimate of drug-likeness (QED) is 0.240. The van der Waals surface area contributed by atoms with Gasteiger partial charge in [0.25, 0.3) is 5.69 Å². The molecule has 0 saturated heterocycles. The highest BCUT2D eigenvalue weighted by Gasteiger charge is 2.31. The Kier molecular flexibility index (Phi) is 5.62. The number of allylic oxidation sites excluding steroid dienone is 1. The number of benzene rings is 3. The van der Waals surface area contributed by atoms with Crippen LogP contribution in [-0.2, 0) is 0 Å². The topological polar surface area (TPSA) is 128 Å². The number of ether oxygens (including phenoxy) is 2. The molecule has 0 fully saturated rings. The number of halogens is 1. The van der Waals surface area contributed by atoms with E-state index >= 15 is 0 Å². The molecule has 1 unspecified atom stereocenters. The Morgan fingerprint density at radius 1 is 1.16 bits per heavy atom. The fourth-order valence-electron chi connectivity index (χ4n) is 3.50. The second kappa shape index (κ2) is 8.53. The zero-order valence-corrected chi connectivity index (χ0v) is 17.9. The maximum absolute atomic E-state index is 12.5. The van der Waals surface area contributed by atoms with E-state index in [0.717, 1.165) is 10.0 Å². The third-order valence-electron chi connectivity index (χ3n) is 4.90. The first-order valence-electron chi connectivity index (χ1n) is 9.31. The third-order valence-corrected chi connectivity index (χ3v) is 5.40. The Hall–Kier alpha value is -4.16. The predicted octanol–water partition coefficient (Wildman–Crippen LogP) is 4.79. The standard InChI is InChI=1S/C23H14BrN3O5/c24-14-5-3-4-13(10-14)21-17-9-8-15(11-20(17)32-22(26)18(21)12-25)31-23(28)16-6-1-2-7-19(16)27(29)30/h1-11,21H,26H2. The molecule has 3 aromatic carbocycles. The lowest BCUT2D eigenvalue weighted by molar-refractivity contribution is -0.385. The summed E-state index contributed by atoms with van der Waals surface area (Å²) in [5.74, 6) is -0.960. The summed E-state index contributed by atoms with van der Waals surface area (Å²) in [5, 5.41) is 20.8. The predicted molar refractivity (Wildman–Crippen MR) is 118 cm³/mol. The Balaban J connectivity index is 1.71. The molecule has 158 valence electrons. The molecule has 9 heteroatoms. The van der Waals surface area contributed by atoms with Crippen LogP contribution >= 0.6 is 15.9 Å². The molecule has 4 rings (SSSR count). The average molecular weight is 492 g/mol. The van der Waals surface area contributed by atoms with E-state index in [9.17, 15) is 20.2 Å². The molecule has 0 amide bonds. The van der Waals surface area contributed by atoms with E-state index in [1.165, 1.54) is 36.4 Å².